The fraction of sp³-hybridized carbons (Fsp3) is 0. The number of nitrogens with zero attached hydrogens (tertiary/aromatic N) is 1. The van der Waals surface area contributed by atoms with E-state index >= 15 is 0 Å². The van der Waals surface area contributed by atoms with Gasteiger partial charge < -0.3 is 4.90 Å². The lowest BCUT2D eigenvalue weighted by Gasteiger charge is -2.28. The molecule has 1 aromatic heterocycles. The third-order valence-electron chi connectivity index (χ3n) is 10.3. The molecular formula is C50H33NS. The molecule has 0 fully saturated rings. The third-order valence-corrected chi connectivity index (χ3v) is 11.4. The summed E-state index contributed by atoms with van der Waals surface area (Å²) in [6.45, 7) is 0. The van der Waals surface area contributed by atoms with Crippen molar-refractivity contribution >= 4 is 70.1 Å². The van der Waals surface area contributed by atoms with Crippen LogP contribution in [0.5, 0.6) is 0 Å². The number of hydrogen-bond acceptors (Lipinski definition) is 2. The maximum absolute atomic E-state index is 2.41. The molecule has 1 heterocycles. The van der Waals surface area contributed by atoms with E-state index in [4.69, 9.17) is 0 Å². The van der Waals surface area contributed by atoms with Crippen LogP contribution < -0.4 is 4.90 Å². The Bertz CT molecular complexity index is 2890. The van der Waals surface area contributed by atoms with Crippen LogP contribution in [0, 0.1) is 0 Å². The molecule has 0 aliphatic carbocycles. The Kier molecular flexibility index (Phi) is 7.41. The lowest BCUT2D eigenvalue weighted by molar-refractivity contribution is 1.29. The molecule has 1 nitrogen and oxygen atoms in total. The van der Waals surface area contributed by atoms with Crippen LogP contribution in [0.4, 0.5) is 17.1 Å². The highest BCUT2D eigenvalue weighted by Gasteiger charge is 2.18. The van der Waals surface area contributed by atoms with Crippen molar-refractivity contribution in [2.45, 2.75) is 0 Å². The van der Waals surface area contributed by atoms with E-state index in [0.29, 0.717) is 0 Å². The fourth-order valence-corrected chi connectivity index (χ4v) is 8.82. The quantitative estimate of drug-likeness (QED) is 0.169. The molecule has 0 saturated carbocycles. The Morgan fingerprint density at radius 3 is 1.73 bits per heavy atom. The number of rotatable bonds is 6. The summed E-state index contributed by atoms with van der Waals surface area (Å²) in [6.07, 6.45) is 0. The summed E-state index contributed by atoms with van der Waals surface area (Å²) in [5, 5.41) is 7.63. The molecule has 0 N–H and O–H groups in total. The summed E-state index contributed by atoms with van der Waals surface area (Å²) in [6, 6.07) is 73.0. The first-order chi connectivity index (χ1) is 25.8. The highest BCUT2D eigenvalue weighted by molar-refractivity contribution is 7.25. The summed E-state index contributed by atoms with van der Waals surface area (Å²) >= 11 is 1.86. The zero-order chi connectivity index (χ0) is 34.4. The van der Waals surface area contributed by atoms with Crippen LogP contribution in [0.25, 0.3) is 75.1 Å². The molecule has 10 aromatic rings. The van der Waals surface area contributed by atoms with E-state index in [1.54, 1.807) is 0 Å². The predicted molar refractivity (Wildman–Crippen MR) is 225 cm³/mol. The summed E-state index contributed by atoms with van der Waals surface area (Å²) in [7, 11) is 0. The molecule has 244 valence electrons. The minimum atomic E-state index is 1.11. The molecule has 0 bridgehead atoms. The normalized spacial score (nSPS) is 11.5. The topological polar surface area (TPSA) is 3.24 Å². The molecular weight excluding hydrogens is 647 g/mol. The van der Waals surface area contributed by atoms with Gasteiger partial charge in [-0.3, -0.25) is 0 Å². The van der Waals surface area contributed by atoms with Crippen LogP contribution in [0.15, 0.2) is 200 Å². The largest absolute Gasteiger partial charge is 0.310 e. The van der Waals surface area contributed by atoms with Crippen LogP contribution in [-0.4, -0.2) is 0 Å². The molecule has 9 aromatic carbocycles. The van der Waals surface area contributed by atoms with Gasteiger partial charge in [-0.15, -0.1) is 11.3 Å². The second-order valence-corrected chi connectivity index (χ2v) is 14.4. The third kappa shape index (κ3) is 5.33. The van der Waals surface area contributed by atoms with E-state index < -0.39 is 0 Å². The van der Waals surface area contributed by atoms with Gasteiger partial charge in [0.2, 0.25) is 0 Å². The number of benzene rings is 9. The number of thiophene rings is 1. The molecule has 2 heteroatoms. The fourth-order valence-electron chi connectivity index (χ4n) is 7.67. The second-order valence-electron chi connectivity index (χ2n) is 13.3. The monoisotopic (exact) mass is 679 g/mol. The number of para-hydroxylation sites is 1. The van der Waals surface area contributed by atoms with E-state index in [1.807, 2.05) is 11.3 Å². The van der Waals surface area contributed by atoms with Crippen molar-refractivity contribution in [3.05, 3.63) is 200 Å². The molecule has 0 unspecified atom stereocenters. The van der Waals surface area contributed by atoms with Crippen molar-refractivity contribution in [2.75, 3.05) is 4.90 Å². The van der Waals surface area contributed by atoms with Crippen molar-refractivity contribution in [1.29, 1.82) is 0 Å². The van der Waals surface area contributed by atoms with Crippen molar-refractivity contribution < 1.29 is 0 Å². The minimum Gasteiger partial charge on any atom is -0.310 e. The average molecular weight is 680 g/mol. The van der Waals surface area contributed by atoms with Crippen molar-refractivity contribution in [3.8, 4) is 33.4 Å². The standard InChI is InChI=1S/C50H33NS/c1-2-12-39-32-42(30-26-34(39)10-1)51(48-18-7-5-15-45(48)40-27-31-47-46-16-6-8-19-49(46)52-50(47)33-40)41-28-24-36(25-29-41)35-20-22-38(23-21-35)44-17-9-13-37-11-3-4-14-43(37)44/h1-33H. The molecule has 0 aliphatic heterocycles. The van der Waals surface area contributed by atoms with Crippen LogP contribution in [-0.2, 0) is 0 Å². The molecule has 0 spiro atoms. The van der Waals surface area contributed by atoms with Crippen molar-refractivity contribution in [2.24, 2.45) is 0 Å². The predicted octanol–water partition coefficient (Wildman–Crippen LogP) is 14.8. The minimum absolute atomic E-state index is 1.11. The first-order valence-electron chi connectivity index (χ1n) is 17.8. The summed E-state index contributed by atoms with van der Waals surface area (Å²) in [5.41, 5.74) is 10.7. The lowest BCUT2D eigenvalue weighted by atomic mass is 9.96. The highest BCUT2D eigenvalue weighted by atomic mass is 32.1. The second kappa shape index (κ2) is 12.7. The maximum atomic E-state index is 2.41. The van der Waals surface area contributed by atoms with Gasteiger partial charge in [-0.2, -0.15) is 0 Å². The smallest absolute Gasteiger partial charge is 0.0540 e. The summed E-state index contributed by atoms with van der Waals surface area (Å²) in [5.74, 6) is 0. The molecule has 0 radical (unpaired) electrons. The van der Waals surface area contributed by atoms with E-state index in [0.717, 1.165) is 17.1 Å². The first-order valence-corrected chi connectivity index (χ1v) is 18.6. The van der Waals surface area contributed by atoms with Gasteiger partial charge in [0.25, 0.3) is 0 Å². The van der Waals surface area contributed by atoms with E-state index in [1.165, 1.54) is 75.1 Å². The van der Waals surface area contributed by atoms with Crippen LogP contribution in [0.3, 0.4) is 0 Å². The van der Waals surface area contributed by atoms with Gasteiger partial charge in [0, 0.05) is 37.1 Å². The Morgan fingerprint density at radius 2 is 0.885 bits per heavy atom. The van der Waals surface area contributed by atoms with Crippen molar-refractivity contribution in [3.63, 3.8) is 0 Å². The first kappa shape index (κ1) is 30.4. The summed E-state index contributed by atoms with van der Waals surface area (Å²) < 4.78 is 2.63. The lowest BCUT2D eigenvalue weighted by Crippen LogP contribution is -2.11. The number of anilines is 3. The van der Waals surface area contributed by atoms with Gasteiger partial charge in [0.1, 0.15) is 0 Å². The highest BCUT2D eigenvalue weighted by Crippen LogP contribution is 2.44. The van der Waals surface area contributed by atoms with E-state index in [9.17, 15) is 0 Å². The number of hydrogen-bond donors (Lipinski definition) is 0. The van der Waals surface area contributed by atoms with E-state index in [-0.39, 0.29) is 0 Å². The van der Waals surface area contributed by atoms with E-state index in [2.05, 4.69) is 205 Å². The Morgan fingerprint density at radius 1 is 0.308 bits per heavy atom. The van der Waals surface area contributed by atoms with Gasteiger partial charge in [0.15, 0.2) is 0 Å². The average Bonchev–Trinajstić information content (AvgIpc) is 3.59. The zero-order valence-electron chi connectivity index (χ0n) is 28.4. The number of fused-ring (bicyclic) bond motifs is 5. The Balaban J connectivity index is 1.06. The van der Waals surface area contributed by atoms with Crippen LogP contribution in [0.1, 0.15) is 0 Å². The Hall–Kier alpha value is -6.48. The van der Waals surface area contributed by atoms with Gasteiger partial charge in [-0.05, 0) is 91.8 Å². The van der Waals surface area contributed by atoms with Gasteiger partial charge >= 0.3 is 0 Å². The van der Waals surface area contributed by atoms with Gasteiger partial charge in [-0.25, -0.2) is 0 Å². The zero-order valence-corrected chi connectivity index (χ0v) is 29.2. The molecule has 0 saturated heterocycles. The maximum Gasteiger partial charge on any atom is 0.0540 e. The molecule has 0 aliphatic rings. The SMILES string of the molecule is c1ccc(N(c2ccc(-c3ccc(-c4cccc5ccccc45)cc3)cc2)c2ccc3ccccc3c2)c(-c2ccc3c(c2)sc2ccccc23)c1. The van der Waals surface area contributed by atoms with Crippen LogP contribution in [0.2, 0.25) is 0 Å². The van der Waals surface area contributed by atoms with Gasteiger partial charge in [0.05, 0.1) is 5.69 Å². The Labute approximate surface area is 307 Å². The molecule has 0 atom stereocenters. The van der Waals surface area contributed by atoms with Gasteiger partial charge in [-0.1, -0.05) is 158 Å². The summed E-state index contributed by atoms with van der Waals surface area (Å²) in [4.78, 5) is 2.41. The van der Waals surface area contributed by atoms with Crippen molar-refractivity contribution in [1.82, 2.24) is 0 Å². The molecule has 52 heavy (non-hydrogen) atoms. The molecule has 10 rings (SSSR count). The molecule has 0 amide bonds. The van der Waals surface area contributed by atoms with Crippen LogP contribution >= 0.6 is 11.3 Å².